The van der Waals surface area contributed by atoms with Gasteiger partial charge in [-0.05, 0) is 40.1 Å². The average Bonchev–Trinajstić information content (AvgIpc) is 3.46. The summed E-state index contributed by atoms with van der Waals surface area (Å²) in [6.45, 7) is 3.02. The van der Waals surface area contributed by atoms with Gasteiger partial charge in [-0.15, -0.1) is 0 Å². The maximum Gasteiger partial charge on any atom is 0.332 e. The Morgan fingerprint density at radius 3 is 1.89 bits per heavy atom. The van der Waals surface area contributed by atoms with Gasteiger partial charge < -0.3 is 14.0 Å². The second-order valence-corrected chi connectivity index (χ2v) is 9.03. The number of rotatable bonds is 10. The largest absolute Gasteiger partial charge is 0.451 e. The summed E-state index contributed by atoms with van der Waals surface area (Å²) in [6.07, 6.45) is 5.22. The number of hydrogen-bond acceptors (Lipinski definition) is 3. The molecule has 1 atom stereocenters. The maximum absolute atomic E-state index is 13.8. The maximum atomic E-state index is 13.8. The number of aromatic nitrogens is 1. The summed E-state index contributed by atoms with van der Waals surface area (Å²) in [7, 11) is 0. The van der Waals surface area contributed by atoms with E-state index in [1.165, 1.54) is 0 Å². The Labute approximate surface area is 212 Å². The fourth-order valence-corrected chi connectivity index (χ4v) is 4.72. The van der Waals surface area contributed by atoms with Crippen molar-refractivity contribution in [2.75, 3.05) is 13.2 Å². The minimum Gasteiger partial charge on any atom is -0.451 e. The molecule has 0 amide bonds. The van der Waals surface area contributed by atoms with Gasteiger partial charge in [-0.1, -0.05) is 98.3 Å². The monoisotopic (exact) mass is 477 g/mol. The van der Waals surface area contributed by atoms with Gasteiger partial charge in [-0.25, -0.2) is 4.79 Å². The van der Waals surface area contributed by atoms with Crippen LogP contribution in [0.15, 0.2) is 109 Å². The Bertz CT molecular complexity index is 1350. The van der Waals surface area contributed by atoms with Gasteiger partial charge in [0.15, 0.2) is 12.1 Å². The van der Waals surface area contributed by atoms with Crippen LogP contribution in [0.1, 0.15) is 43.0 Å². The van der Waals surface area contributed by atoms with Gasteiger partial charge in [0.1, 0.15) is 0 Å². The third-order valence-electron chi connectivity index (χ3n) is 6.62. The topological polar surface area (TPSA) is 40.5 Å². The summed E-state index contributed by atoms with van der Waals surface area (Å²) in [6, 6.07) is 32.1. The fourth-order valence-electron chi connectivity index (χ4n) is 4.72. The molecule has 4 aromatic carbocycles. The number of hydrogen-bond donors (Lipinski definition) is 0. The first-order chi connectivity index (χ1) is 17.8. The van der Waals surface area contributed by atoms with Gasteiger partial charge in [-0.3, -0.25) is 0 Å². The molecule has 0 aliphatic carbocycles. The van der Waals surface area contributed by atoms with Gasteiger partial charge in [0, 0.05) is 30.1 Å². The van der Waals surface area contributed by atoms with E-state index in [2.05, 4.69) is 55.5 Å². The van der Waals surface area contributed by atoms with Gasteiger partial charge in [0.2, 0.25) is 0 Å². The Morgan fingerprint density at radius 2 is 1.31 bits per heavy atom. The highest BCUT2D eigenvalue weighted by Crippen LogP contribution is 2.36. The number of fused-ring (bicyclic) bond motifs is 2. The number of nitrogens with zero attached hydrogens (tertiary/aromatic N) is 1. The molecule has 36 heavy (non-hydrogen) atoms. The third kappa shape index (κ3) is 5.05. The molecular formula is C32H31NO3. The number of carbonyl (C=O) groups is 1. The first-order valence-electron chi connectivity index (χ1n) is 12.6. The highest BCUT2D eigenvalue weighted by atomic mass is 16.5. The molecule has 0 aliphatic rings. The molecule has 1 heterocycles. The summed E-state index contributed by atoms with van der Waals surface area (Å²) in [5.41, 5.74) is 1.94. The van der Waals surface area contributed by atoms with E-state index >= 15 is 0 Å². The molecule has 182 valence electrons. The summed E-state index contributed by atoms with van der Waals surface area (Å²) < 4.78 is 14.2. The lowest BCUT2D eigenvalue weighted by Gasteiger charge is -2.25. The Morgan fingerprint density at radius 1 is 0.750 bits per heavy atom. The molecule has 0 saturated heterocycles. The highest BCUT2D eigenvalue weighted by Gasteiger charge is 2.28. The van der Waals surface area contributed by atoms with Crippen molar-refractivity contribution in [2.24, 2.45) is 0 Å². The Balaban J connectivity index is 1.57. The van der Waals surface area contributed by atoms with Gasteiger partial charge in [0.25, 0.3) is 0 Å². The number of benzene rings is 4. The van der Waals surface area contributed by atoms with Gasteiger partial charge in [-0.2, -0.15) is 0 Å². The average molecular weight is 478 g/mol. The molecule has 0 radical (unpaired) electrons. The van der Waals surface area contributed by atoms with Crippen LogP contribution in [0.25, 0.3) is 21.5 Å². The van der Waals surface area contributed by atoms with E-state index in [9.17, 15) is 4.79 Å². The lowest BCUT2D eigenvalue weighted by atomic mass is 9.92. The molecule has 0 fully saturated rings. The molecule has 0 bridgehead atoms. The summed E-state index contributed by atoms with van der Waals surface area (Å²) in [5, 5.41) is 4.37. The van der Waals surface area contributed by atoms with Crippen LogP contribution in [-0.2, 0) is 14.3 Å². The minimum atomic E-state index is -0.566. The van der Waals surface area contributed by atoms with Crippen molar-refractivity contribution in [3.8, 4) is 0 Å². The predicted octanol–water partition coefficient (Wildman–Crippen LogP) is 7.49. The van der Waals surface area contributed by atoms with Crippen molar-refractivity contribution in [1.82, 2.24) is 4.57 Å². The zero-order chi connectivity index (χ0) is 24.7. The van der Waals surface area contributed by atoms with E-state index in [4.69, 9.17) is 9.47 Å². The van der Waals surface area contributed by atoms with Crippen LogP contribution in [0.2, 0.25) is 0 Å². The third-order valence-corrected chi connectivity index (χ3v) is 6.62. The van der Waals surface area contributed by atoms with Gasteiger partial charge in [0.05, 0.1) is 6.61 Å². The lowest BCUT2D eigenvalue weighted by Crippen LogP contribution is -2.27. The second-order valence-electron chi connectivity index (χ2n) is 9.03. The molecule has 0 unspecified atom stereocenters. The quantitative estimate of drug-likeness (QED) is 0.155. The smallest absolute Gasteiger partial charge is 0.332 e. The molecule has 4 heteroatoms. The highest BCUT2D eigenvalue weighted by molar-refractivity contribution is 5.90. The zero-order valence-electron chi connectivity index (χ0n) is 20.5. The van der Waals surface area contributed by atoms with E-state index in [0.717, 1.165) is 45.5 Å². The van der Waals surface area contributed by atoms with Crippen LogP contribution in [0.5, 0.6) is 0 Å². The van der Waals surface area contributed by atoms with Crippen molar-refractivity contribution in [1.29, 1.82) is 0 Å². The molecular weight excluding hydrogens is 446 g/mol. The lowest BCUT2D eigenvalue weighted by molar-refractivity contribution is -0.153. The van der Waals surface area contributed by atoms with Crippen LogP contribution in [0.3, 0.4) is 0 Å². The number of carbonyl (C=O) groups excluding carboxylic acids is 1. The number of unbranched alkanes of at least 4 members (excludes halogenated alkanes) is 1. The van der Waals surface area contributed by atoms with E-state index in [-0.39, 0.29) is 12.6 Å². The summed E-state index contributed by atoms with van der Waals surface area (Å²) >= 11 is 0. The molecule has 0 aliphatic heterocycles. The van der Waals surface area contributed by atoms with Crippen LogP contribution in [-0.4, -0.2) is 23.8 Å². The summed E-state index contributed by atoms with van der Waals surface area (Å²) in [4.78, 5) is 13.8. The molecule has 5 rings (SSSR count). The minimum absolute atomic E-state index is 0.269. The predicted molar refractivity (Wildman–Crippen MR) is 145 cm³/mol. The molecule has 0 spiro atoms. The van der Waals surface area contributed by atoms with Gasteiger partial charge >= 0.3 is 5.97 Å². The fraction of sp³-hybridized carbons (Fsp3) is 0.219. The van der Waals surface area contributed by atoms with E-state index < -0.39 is 12.1 Å². The van der Waals surface area contributed by atoms with Crippen molar-refractivity contribution < 1.29 is 14.3 Å². The SMILES string of the molecule is CCCCOC[C@@H](C(=O)OC(c1cccc2ccccc12)c1cccc2ccccc12)n1cccc1. The molecule has 0 N–H and O–H groups in total. The second kappa shape index (κ2) is 11.2. The van der Waals surface area contributed by atoms with E-state index in [1.54, 1.807) is 0 Å². The van der Waals surface area contributed by atoms with Crippen molar-refractivity contribution in [3.05, 3.63) is 121 Å². The van der Waals surface area contributed by atoms with Crippen LogP contribution >= 0.6 is 0 Å². The zero-order valence-corrected chi connectivity index (χ0v) is 20.5. The Kier molecular flexibility index (Phi) is 7.44. The molecule has 0 saturated carbocycles. The normalized spacial score (nSPS) is 12.3. The first-order valence-corrected chi connectivity index (χ1v) is 12.6. The summed E-state index contributed by atoms with van der Waals surface area (Å²) in [5.74, 6) is -0.312. The number of esters is 1. The molecule has 1 aromatic heterocycles. The van der Waals surface area contributed by atoms with Crippen LogP contribution < -0.4 is 0 Å². The molecule has 4 nitrogen and oxygen atoms in total. The number of ether oxygens (including phenoxy) is 2. The van der Waals surface area contributed by atoms with Crippen LogP contribution in [0.4, 0.5) is 0 Å². The van der Waals surface area contributed by atoms with Crippen molar-refractivity contribution in [2.45, 2.75) is 31.9 Å². The first kappa shape index (κ1) is 23.8. The van der Waals surface area contributed by atoms with Crippen molar-refractivity contribution in [3.63, 3.8) is 0 Å². The molecule has 5 aromatic rings. The van der Waals surface area contributed by atoms with Crippen LogP contribution in [0, 0.1) is 0 Å². The van der Waals surface area contributed by atoms with E-state index in [0.29, 0.717) is 6.61 Å². The van der Waals surface area contributed by atoms with Crippen molar-refractivity contribution >= 4 is 27.5 Å². The standard InChI is InChI=1S/C32H31NO3/c1-2-3-22-35-23-30(33-20-8-9-21-33)32(34)36-31(28-18-10-14-24-12-4-6-16-26(24)28)29-19-11-15-25-13-5-7-17-27(25)29/h4-21,30-31H,2-3,22-23H2,1H3/t30-/m0/s1. The Hall–Kier alpha value is -3.89. The van der Waals surface area contributed by atoms with E-state index in [1.807, 2.05) is 65.5 Å².